The molecule has 3 fully saturated rings. The summed E-state index contributed by atoms with van der Waals surface area (Å²) in [5, 5.41) is 0. The average molecular weight is 357 g/mol. The van der Waals surface area contributed by atoms with Gasteiger partial charge in [0.1, 0.15) is 5.60 Å². The van der Waals surface area contributed by atoms with Crippen molar-refractivity contribution in [3.05, 3.63) is 35.9 Å². The molecule has 0 radical (unpaired) electrons. The Labute approximate surface area is 154 Å². The van der Waals surface area contributed by atoms with Crippen molar-refractivity contribution in [2.24, 2.45) is 5.92 Å². The molecular weight excluding hydrogens is 330 g/mol. The first kappa shape index (κ1) is 17.5. The molecule has 2 heterocycles. The minimum Gasteiger partial charge on any atom is -0.458 e. The summed E-state index contributed by atoms with van der Waals surface area (Å²) >= 11 is 0. The van der Waals surface area contributed by atoms with Crippen LogP contribution in [0.5, 0.6) is 0 Å². The summed E-state index contributed by atoms with van der Waals surface area (Å²) in [4.78, 5) is 27.0. The fourth-order valence-electron chi connectivity index (χ4n) is 5.09. The molecule has 1 aromatic rings. The number of carbonyl (C=O) groups is 2. The van der Waals surface area contributed by atoms with E-state index < -0.39 is 5.60 Å². The number of methoxy groups -OCH3 is 1. The lowest BCUT2D eigenvalue weighted by Crippen LogP contribution is -2.51. The van der Waals surface area contributed by atoms with Crippen molar-refractivity contribution < 1.29 is 19.1 Å². The van der Waals surface area contributed by atoms with Gasteiger partial charge in [-0.25, -0.2) is 0 Å². The minimum atomic E-state index is -0.524. The summed E-state index contributed by atoms with van der Waals surface area (Å²) in [6.07, 6.45) is 5.52. The molecule has 2 saturated heterocycles. The summed E-state index contributed by atoms with van der Waals surface area (Å²) in [5.41, 5.74) is 0.315. The van der Waals surface area contributed by atoms with Crippen molar-refractivity contribution >= 4 is 11.9 Å². The molecule has 2 aliphatic heterocycles. The Morgan fingerprint density at radius 3 is 2.38 bits per heavy atom. The summed E-state index contributed by atoms with van der Waals surface area (Å²) in [5.74, 6) is -0.419. The van der Waals surface area contributed by atoms with Gasteiger partial charge in [-0.1, -0.05) is 30.3 Å². The van der Waals surface area contributed by atoms with E-state index >= 15 is 0 Å². The molecule has 1 saturated carbocycles. The van der Waals surface area contributed by atoms with Gasteiger partial charge in [-0.3, -0.25) is 9.59 Å². The van der Waals surface area contributed by atoms with E-state index in [-0.39, 0.29) is 29.8 Å². The fraction of sp³-hybridized carbons (Fsp3) is 0.619. The van der Waals surface area contributed by atoms with E-state index in [1.165, 1.54) is 5.56 Å². The highest BCUT2D eigenvalue weighted by molar-refractivity contribution is 5.88. The molecule has 1 amide bonds. The van der Waals surface area contributed by atoms with Gasteiger partial charge >= 0.3 is 5.97 Å². The van der Waals surface area contributed by atoms with Crippen LogP contribution in [0.1, 0.15) is 50.5 Å². The second kappa shape index (κ2) is 6.69. The van der Waals surface area contributed by atoms with E-state index in [0.29, 0.717) is 13.1 Å². The first-order chi connectivity index (χ1) is 12.6. The van der Waals surface area contributed by atoms with Crippen LogP contribution in [0.2, 0.25) is 0 Å². The van der Waals surface area contributed by atoms with E-state index in [9.17, 15) is 9.59 Å². The van der Waals surface area contributed by atoms with Gasteiger partial charge in [0.2, 0.25) is 5.91 Å². The number of hydrogen-bond acceptors (Lipinski definition) is 4. The van der Waals surface area contributed by atoms with Crippen molar-refractivity contribution in [3.63, 3.8) is 0 Å². The molecule has 26 heavy (non-hydrogen) atoms. The van der Waals surface area contributed by atoms with Crippen molar-refractivity contribution in [3.8, 4) is 0 Å². The van der Waals surface area contributed by atoms with E-state index in [2.05, 4.69) is 12.1 Å². The molecule has 140 valence electrons. The summed E-state index contributed by atoms with van der Waals surface area (Å²) in [6, 6.07) is 10.2. The molecule has 0 aromatic heterocycles. The highest BCUT2D eigenvalue weighted by Gasteiger charge is 2.55. The first-order valence-electron chi connectivity index (χ1n) is 9.70. The smallest absolute Gasteiger partial charge is 0.307 e. The zero-order valence-corrected chi connectivity index (χ0v) is 15.4. The van der Waals surface area contributed by atoms with Gasteiger partial charge in [0.25, 0.3) is 0 Å². The van der Waals surface area contributed by atoms with E-state index in [0.717, 1.165) is 38.5 Å². The zero-order valence-electron chi connectivity index (χ0n) is 15.4. The molecule has 1 atom stereocenters. The number of benzene rings is 1. The monoisotopic (exact) mass is 357 g/mol. The van der Waals surface area contributed by atoms with Gasteiger partial charge < -0.3 is 14.4 Å². The largest absolute Gasteiger partial charge is 0.458 e. The number of esters is 1. The van der Waals surface area contributed by atoms with Crippen molar-refractivity contribution in [2.45, 2.75) is 56.1 Å². The second-order valence-corrected chi connectivity index (χ2v) is 7.89. The highest BCUT2D eigenvalue weighted by Crippen LogP contribution is 2.47. The Hall–Kier alpha value is -1.88. The Bertz CT molecular complexity index is 673. The van der Waals surface area contributed by atoms with Gasteiger partial charge in [0.15, 0.2) is 0 Å². The van der Waals surface area contributed by atoms with Gasteiger partial charge in [0, 0.05) is 20.2 Å². The first-order valence-corrected chi connectivity index (χ1v) is 9.70. The molecule has 1 spiro atoms. The van der Waals surface area contributed by atoms with Crippen molar-refractivity contribution in [2.75, 3.05) is 20.2 Å². The van der Waals surface area contributed by atoms with E-state index in [4.69, 9.17) is 9.47 Å². The number of likely N-dealkylation sites (tertiary alicyclic amines) is 1. The lowest BCUT2D eigenvalue weighted by Gasteiger charge is -2.42. The minimum absolute atomic E-state index is 0.0931. The fourth-order valence-corrected chi connectivity index (χ4v) is 5.09. The molecule has 3 aliphatic rings. The van der Waals surface area contributed by atoms with Crippen LogP contribution in [-0.4, -0.2) is 42.6 Å². The summed E-state index contributed by atoms with van der Waals surface area (Å²) < 4.78 is 11.6. The van der Waals surface area contributed by atoms with E-state index in [1.807, 2.05) is 23.1 Å². The molecular formula is C21H27NO4. The molecule has 0 bridgehead atoms. The predicted molar refractivity (Wildman–Crippen MR) is 96.3 cm³/mol. The highest BCUT2D eigenvalue weighted by atomic mass is 16.6. The van der Waals surface area contributed by atoms with Crippen molar-refractivity contribution in [1.29, 1.82) is 0 Å². The Morgan fingerprint density at radius 2 is 1.77 bits per heavy atom. The Balaban J connectivity index is 1.47. The number of hydrogen-bond donors (Lipinski definition) is 0. The number of amides is 1. The van der Waals surface area contributed by atoms with Crippen LogP contribution in [0.4, 0.5) is 0 Å². The normalized spacial score (nSPS) is 26.9. The maximum Gasteiger partial charge on any atom is 0.307 e. The van der Waals surface area contributed by atoms with Gasteiger partial charge in [-0.2, -0.15) is 0 Å². The molecule has 1 aliphatic carbocycles. The van der Waals surface area contributed by atoms with Gasteiger partial charge in [-0.05, 0) is 44.1 Å². The molecule has 1 aromatic carbocycles. The van der Waals surface area contributed by atoms with Crippen LogP contribution in [0, 0.1) is 5.92 Å². The second-order valence-electron chi connectivity index (χ2n) is 7.89. The standard InChI is InChI=1S/C21H27NO4/c1-25-20(16-7-3-2-4-8-16)11-13-22(14-12-20)19(24)17-15-18(23)26-21(17)9-5-6-10-21/h2-4,7-8,17H,5-6,9-15H2,1H3. The lowest BCUT2D eigenvalue weighted by molar-refractivity contribution is -0.153. The maximum absolute atomic E-state index is 13.2. The average Bonchev–Trinajstić information content (AvgIpc) is 3.28. The number of rotatable bonds is 3. The predicted octanol–water partition coefficient (Wildman–Crippen LogP) is 3.03. The maximum atomic E-state index is 13.2. The van der Waals surface area contributed by atoms with E-state index in [1.54, 1.807) is 7.11 Å². The summed E-state index contributed by atoms with van der Waals surface area (Å²) in [6.45, 7) is 1.31. The van der Waals surface area contributed by atoms with Gasteiger partial charge in [0.05, 0.1) is 17.9 Å². The topological polar surface area (TPSA) is 55.8 Å². The third-order valence-corrected chi connectivity index (χ3v) is 6.64. The number of carbonyl (C=O) groups excluding carboxylic acids is 2. The lowest BCUT2D eigenvalue weighted by atomic mass is 9.81. The number of ether oxygens (including phenoxy) is 2. The Kier molecular flexibility index (Phi) is 4.51. The zero-order chi connectivity index (χ0) is 18.2. The quantitative estimate of drug-likeness (QED) is 0.781. The molecule has 5 heteroatoms. The summed E-state index contributed by atoms with van der Waals surface area (Å²) in [7, 11) is 1.75. The van der Waals surface area contributed by atoms with Crippen LogP contribution in [0.15, 0.2) is 30.3 Å². The SMILES string of the molecule is COC1(c2ccccc2)CCN(C(=O)C2CC(=O)OC23CCCC3)CC1. The van der Waals surface area contributed by atoms with Crippen LogP contribution >= 0.6 is 0 Å². The Morgan fingerprint density at radius 1 is 1.12 bits per heavy atom. The third-order valence-electron chi connectivity index (χ3n) is 6.64. The van der Waals surface area contributed by atoms with Crippen LogP contribution in [0.25, 0.3) is 0 Å². The molecule has 4 rings (SSSR count). The molecule has 0 N–H and O–H groups in total. The molecule has 1 unspecified atom stereocenters. The number of nitrogens with zero attached hydrogens (tertiary/aromatic N) is 1. The van der Waals surface area contributed by atoms with Crippen LogP contribution in [0.3, 0.4) is 0 Å². The van der Waals surface area contributed by atoms with Crippen molar-refractivity contribution in [1.82, 2.24) is 4.90 Å². The van der Waals surface area contributed by atoms with Gasteiger partial charge in [-0.15, -0.1) is 0 Å². The molecule has 5 nitrogen and oxygen atoms in total. The van der Waals surface area contributed by atoms with Crippen LogP contribution < -0.4 is 0 Å². The third kappa shape index (κ3) is 2.82. The number of piperidine rings is 1. The van der Waals surface area contributed by atoms with Crippen LogP contribution in [-0.2, 0) is 24.7 Å².